The van der Waals surface area contributed by atoms with E-state index in [4.69, 9.17) is 0 Å². The fourth-order valence-corrected chi connectivity index (χ4v) is 9.78. The van der Waals surface area contributed by atoms with Gasteiger partial charge in [0.1, 0.15) is 0 Å². The molecule has 8 atom stereocenters. The molecule has 0 bridgehead atoms. The summed E-state index contributed by atoms with van der Waals surface area (Å²) in [5.74, 6) is 2.49. The van der Waals surface area contributed by atoms with Gasteiger partial charge in [-0.2, -0.15) is 4.91 Å². The third-order valence-electron chi connectivity index (χ3n) is 10.0. The molecule has 4 nitrogen and oxygen atoms in total. The molecule has 0 aliphatic heterocycles. The van der Waals surface area contributed by atoms with E-state index in [1.807, 2.05) is 0 Å². The molecule has 0 aromatic heterocycles. The van der Waals surface area contributed by atoms with E-state index in [9.17, 15) is 9.81 Å². The molecule has 0 amide bonds. The topological polar surface area (TPSA) is 58.9 Å². The molecular weight excluding hydrogens is 499 g/mol. The molecule has 4 aliphatic rings. The summed E-state index contributed by atoms with van der Waals surface area (Å²) in [4.78, 5) is 23.3. The Morgan fingerprint density at radius 2 is 1.97 bits per heavy atom. The average Bonchev–Trinajstić information content (AvgIpc) is 3.10. The molecule has 0 heterocycles. The molecule has 5 heteroatoms. The van der Waals surface area contributed by atoms with Gasteiger partial charge in [-0.1, -0.05) is 41.4 Å². The van der Waals surface area contributed by atoms with E-state index in [0.29, 0.717) is 23.7 Å². The van der Waals surface area contributed by atoms with Crippen LogP contribution in [-0.4, -0.2) is 9.59 Å². The van der Waals surface area contributed by atoms with Crippen molar-refractivity contribution < 1.29 is 0 Å². The van der Waals surface area contributed by atoms with Crippen molar-refractivity contribution in [3.63, 3.8) is 0 Å². The SMILES string of the molecule is C=C(C)CCCC(I)(N=O)C1CCC2C3CC=C4C[C@@H](N=O)CC[C@]4(C)C3CCC21C. The minimum Gasteiger partial charge on any atom is -0.151 e. The summed E-state index contributed by atoms with van der Waals surface area (Å²) in [5.41, 5.74) is 3.16. The molecule has 172 valence electrons. The fraction of sp³-hybridized carbons (Fsp3) is 0.846. The molecule has 0 spiro atoms. The van der Waals surface area contributed by atoms with Crippen molar-refractivity contribution in [3.05, 3.63) is 33.6 Å². The first-order valence-electron chi connectivity index (χ1n) is 12.4. The Balaban J connectivity index is 1.56. The van der Waals surface area contributed by atoms with Crippen LogP contribution in [0, 0.1) is 44.3 Å². The number of nitroso groups, excluding NO2 is 2. The van der Waals surface area contributed by atoms with Crippen LogP contribution in [0.3, 0.4) is 0 Å². The van der Waals surface area contributed by atoms with E-state index in [0.717, 1.165) is 51.4 Å². The molecule has 0 aromatic carbocycles. The van der Waals surface area contributed by atoms with Crippen LogP contribution in [0.1, 0.15) is 91.4 Å². The van der Waals surface area contributed by atoms with Crippen LogP contribution in [0.2, 0.25) is 0 Å². The second-order valence-corrected chi connectivity index (χ2v) is 13.5. The molecule has 0 aromatic rings. The van der Waals surface area contributed by atoms with Crippen LogP contribution in [0.15, 0.2) is 34.2 Å². The van der Waals surface area contributed by atoms with E-state index < -0.39 is 3.55 Å². The Bertz CT molecular complexity index is 781. The van der Waals surface area contributed by atoms with Gasteiger partial charge in [-0.3, -0.25) is 0 Å². The van der Waals surface area contributed by atoms with Crippen LogP contribution in [0.4, 0.5) is 0 Å². The Hall–Kier alpha value is -0.590. The maximum absolute atomic E-state index is 12.2. The van der Waals surface area contributed by atoms with Crippen molar-refractivity contribution in [1.29, 1.82) is 0 Å². The standard InChI is InChI=1S/C26H39IN2O2/c1-17(2)6-5-13-26(27,29-31)23-10-9-21-20-8-7-18-16-19(28-30)11-14-24(18,3)22(20)12-15-25(21,23)4/h7,19-23H,1,5-6,8-16H2,2-4H3/t19-,20?,21?,22?,23?,24-,25?,26?/m0/s1. The van der Waals surface area contributed by atoms with Crippen LogP contribution in [-0.2, 0) is 0 Å². The lowest BCUT2D eigenvalue weighted by Crippen LogP contribution is -2.52. The van der Waals surface area contributed by atoms with Crippen molar-refractivity contribution in [2.45, 2.75) is 101 Å². The van der Waals surface area contributed by atoms with Gasteiger partial charge >= 0.3 is 0 Å². The number of alkyl halides is 1. The minimum absolute atomic E-state index is 0.0157. The Kier molecular flexibility index (Phi) is 6.57. The van der Waals surface area contributed by atoms with Gasteiger partial charge in [-0.15, -0.1) is 11.5 Å². The number of allylic oxidation sites excluding steroid dienone is 2. The molecule has 6 unspecified atom stereocenters. The first-order valence-corrected chi connectivity index (χ1v) is 13.5. The van der Waals surface area contributed by atoms with E-state index in [1.54, 1.807) is 0 Å². The van der Waals surface area contributed by atoms with E-state index in [-0.39, 0.29) is 16.9 Å². The van der Waals surface area contributed by atoms with Gasteiger partial charge < -0.3 is 0 Å². The Morgan fingerprint density at radius 1 is 1.19 bits per heavy atom. The number of halogens is 1. The molecule has 3 fully saturated rings. The molecule has 3 saturated carbocycles. The van der Waals surface area contributed by atoms with Crippen molar-refractivity contribution in [2.75, 3.05) is 0 Å². The van der Waals surface area contributed by atoms with E-state index >= 15 is 0 Å². The fourth-order valence-electron chi connectivity index (χ4n) is 8.38. The summed E-state index contributed by atoms with van der Waals surface area (Å²) in [5, 5.41) is 7.17. The molecule has 4 rings (SSSR count). The van der Waals surface area contributed by atoms with Gasteiger partial charge in [0.15, 0.2) is 3.55 Å². The molecule has 0 saturated heterocycles. The largest absolute Gasteiger partial charge is 0.156 e. The highest BCUT2D eigenvalue weighted by Crippen LogP contribution is 2.68. The quantitative estimate of drug-likeness (QED) is 0.108. The average molecular weight is 539 g/mol. The highest BCUT2D eigenvalue weighted by atomic mass is 127. The maximum atomic E-state index is 12.2. The first kappa shape index (κ1) is 23.6. The number of fused-ring (bicyclic) bond motifs is 5. The van der Waals surface area contributed by atoms with Gasteiger partial charge in [0.25, 0.3) is 0 Å². The van der Waals surface area contributed by atoms with Gasteiger partial charge in [0, 0.05) is 5.92 Å². The van der Waals surface area contributed by atoms with Gasteiger partial charge in [0.2, 0.25) is 0 Å². The van der Waals surface area contributed by atoms with Gasteiger partial charge in [-0.05, 0) is 129 Å². The summed E-state index contributed by atoms with van der Waals surface area (Å²) in [6.07, 6.45) is 14.2. The Morgan fingerprint density at radius 3 is 2.65 bits per heavy atom. The summed E-state index contributed by atoms with van der Waals surface area (Å²) in [6, 6.07) is -0.0157. The monoisotopic (exact) mass is 538 g/mol. The number of hydrogen-bond acceptors (Lipinski definition) is 4. The smallest absolute Gasteiger partial charge is 0.151 e. The number of nitrogens with zero attached hydrogens (tertiary/aromatic N) is 2. The van der Waals surface area contributed by atoms with Crippen molar-refractivity contribution in [3.8, 4) is 0 Å². The molecule has 0 radical (unpaired) electrons. The van der Waals surface area contributed by atoms with Crippen LogP contribution in [0.25, 0.3) is 0 Å². The predicted molar refractivity (Wildman–Crippen MR) is 136 cm³/mol. The van der Waals surface area contributed by atoms with Gasteiger partial charge in [-0.25, -0.2) is 0 Å². The van der Waals surface area contributed by atoms with Crippen LogP contribution >= 0.6 is 22.6 Å². The third kappa shape index (κ3) is 3.89. The normalized spacial score (nSPS) is 43.6. The predicted octanol–water partition coefficient (Wildman–Crippen LogP) is 8.34. The van der Waals surface area contributed by atoms with E-state index in [1.165, 1.54) is 30.4 Å². The third-order valence-corrected chi connectivity index (χ3v) is 11.5. The number of rotatable bonds is 7. The number of hydrogen-bond donors (Lipinski definition) is 0. The second kappa shape index (κ2) is 8.64. The minimum atomic E-state index is -0.489. The second-order valence-electron chi connectivity index (χ2n) is 11.7. The van der Waals surface area contributed by atoms with E-state index in [2.05, 4.69) is 66.4 Å². The highest BCUT2D eigenvalue weighted by Gasteiger charge is 2.62. The molecule has 0 N–H and O–H groups in total. The molecule has 31 heavy (non-hydrogen) atoms. The van der Waals surface area contributed by atoms with Gasteiger partial charge in [0.05, 0.1) is 6.04 Å². The lowest BCUT2D eigenvalue weighted by Gasteiger charge is -2.58. The zero-order valence-electron chi connectivity index (χ0n) is 19.5. The lowest BCUT2D eigenvalue weighted by atomic mass is 9.47. The first-order chi connectivity index (χ1) is 14.7. The highest BCUT2D eigenvalue weighted by molar-refractivity contribution is 14.1. The zero-order chi connectivity index (χ0) is 22.4. The summed E-state index contributed by atoms with van der Waals surface area (Å²) in [7, 11) is 0. The summed E-state index contributed by atoms with van der Waals surface area (Å²) < 4.78 is -0.489. The summed E-state index contributed by atoms with van der Waals surface area (Å²) >= 11 is 2.41. The van der Waals surface area contributed by atoms with Crippen molar-refractivity contribution in [1.82, 2.24) is 0 Å². The van der Waals surface area contributed by atoms with Crippen molar-refractivity contribution >= 4 is 22.6 Å². The van der Waals surface area contributed by atoms with Crippen LogP contribution < -0.4 is 0 Å². The Labute approximate surface area is 201 Å². The maximum Gasteiger partial charge on any atom is 0.156 e. The van der Waals surface area contributed by atoms with Crippen LogP contribution in [0.5, 0.6) is 0 Å². The molecule has 4 aliphatic carbocycles. The lowest BCUT2D eigenvalue weighted by molar-refractivity contribution is -0.0470. The zero-order valence-corrected chi connectivity index (χ0v) is 21.7. The van der Waals surface area contributed by atoms with Crippen molar-refractivity contribution in [2.24, 2.45) is 44.9 Å². The summed E-state index contributed by atoms with van der Waals surface area (Å²) in [6.45, 7) is 11.1. The molecular formula is C26H39IN2O2.